The van der Waals surface area contributed by atoms with Crippen molar-refractivity contribution in [3.63, 3.8) is 0 Å². The molecule has 10 heteroatoms. The van der Waals surface area contributed by atoms with E-state index in [0.29, 0.717) is 29.5 Å². The summed E-state index contributed by atoms with van der Waals surface area (Å²) in [7, 11) is -3.37. The molecule has 0 atom stereocenters. The van der Waals surface area contributed by atoms with E-state index in [1.165, 1.54) is 12.1 Å². The standard InChI is InChI=1S/C20H27N5O4S/c1-3-16-19(22-12-13-7-9-29-10-8-13)25-20(17(24-16)18(21)26)23-14-5-4-6-15(11-14)30(2,27)28/h4-6,11,13H,3,7-10,12H2,1-2H3,(H2,21,26)(H2,22,23,25). The van der Waals surface area contributed by atoms with Crippen LogP contribution in [-0.4, -0.2) is 50.3 Å². The van der Waals surface area contributed by atoms with Crippen LogP contribution in [0.15, 0.2) is 29.2 Å². The molecule has 1 aliphatic heterocycles. The van der Waals surface area contributed by atoms with E-state index >= 15 is 0 Å². The molecule has 1 aromatic carbocycles. The number of amides is 1. The van der Waals surface area contributed by atoms with Gasteiger partial charge in [0.2, 0.25) is 0 Å². The second-order valence-electron chi connectivity index (χ2n) is 7.30. The van der Waals surface area contributed by atoms with Crippen LogP contribution < -0.4 is 16.4 Å². The normalized spacial score (nSPS) is 15.0. The van der Waals surface area contributed by atoms with E-state index in [1.54, 1.807) is 12.1 Å². The number of carbonyl (C=O) groups excluding carboxylic acids is 1. The van der Waals surface area contributed by atoms with E-state index in [-0.39, 0.29) is 16.4 Å². The zero-order valence-electron chi connectivity index (χ0n) is 17.1. The summed E-state index contributed by atoms with van der Waals surface area (Å²) in [6.45, 7) is 4.16. The molecule has 1 aliphatic rings. The summed E-state index contributed by atoms with van der Waals surface area (Å²) in [5, 5.41) is 6.34. The number of anilines is 3. The zero-order valence-corrected chi connectivity index (χ0v) is 18.0. The average Bonchev–Trinajstić information content (AvgIpc) is 2.72. The molecule has 1 amide bonds. The maximum absolute atomic E-state index is 12.0. The molecule has 0 bridgehead atoms. The second kappa shape index (κ2) is 9.40. The minimum atomic E-state index is -3.37. The van der Waals surface area contributed by atoms with Gasteiger partial charge in [-0.3, -0.25) is 4.79 Å². The number of aryl methyl sites for hydroxylation is 1. The third-order valence-electron chi connectivity index (χ3n) is 4.96. The Labute approximate surface area is 176 Å². The lowest BCUT2D eigenvalue weighted by Gasteiger charge is -2.23. The number of hydrogen-bond acceptors (Lipinski definition) is 8. The van der Waals surface area contributed by atoms with Crippen LogP contribution in [0.25, 0.3) is 0 Å². The van der Waals surface area contributed by atoms with Gasteiger partial charge in [-0.05, 0) is 43.4 Å². The lowest BCUT2D eigenvalue weighted by molar-refractivity contribution is 0.0699. The number of carbonyl (C=O) groups is 1. The first-order valence-corrected chi connectivity index (χ1v) is 11.8. The molecule has 3 rings (SSSR count). The highest BCUT2D eigenvalue weighted by Gasteiger charge is 2.19. The number of aromatic nitrogens is 2. The van der Waals surface area contributed by atoms with E-state index in [4.69, 9.17) is 10.5 Å². The molecule has 2 aromatic rings. The van der Waals surface area contributed by atoms with Gasteiger partial charge in [0, 0.05) is 31.7 Å². The van der Waals surface area contributed by atoms with Crippen LogP contribution in [0, 0.1) is 5.92 Å². The van der Waals surface area contributed by atoms with Gasteiger partial charge >= 0.3 is 0 Å². The molecule has 0 unspecified atom stereocenters. The van der Waals surface area contributed by atoms with Crippen LogP contribution in [0.5, 0.6) is 0 Å². The van der Waals surface area contributed by atoms with Crippen molar-refractivity contribution in [3.8, 4) is 0 Å². The summed E-state index contributed by atoms with van der Waals surface area (Å²) in [6.07, 6.45) is 3.66. The van der Waals surface area contributed by atoms with E-state index in [0.717, 1.165) is 38.9 Å². The van der Waals surface area contributed by atoms with Gasteiger partial charge in [-0.1, -0.05) is 13.0 Å². The fourth-order valence-corrected chi connectivity index (χ4v) is 3.92. The number of nitrogens with zero attached hydrogens (tertiary/aromatic N) is 2. The van der Waals surface area contributed by atoms with E-state index in [1.807, 2.05) is 6.92 Å². The summed E-state index contributed by atoms with van der Waals surface area (Å²) in [5.41, 5.74) is 6.64. The summed E-state index contributed by atoms with van der Waals surface area (Å²) in [5.74, 6) is 0.523. The summed E-state index contributed by atoms with van der Waals surface area (Å²) in [6, 6.07) is 6.28. The molecule has 0 radical (unpaired) electrons. The quantitative estimate of drug-likeness (QED) is 0.576. The lowest BCUT2D eigenvalue weighted by Crippen LogP contribution is -2.24. The largest absolute Gasteiger partial charge is 0.381 e. The lowest BCUT2D eigenvalue weighted by atomic mass is 10.0. The molecule has 30 heavy (non-hydrogen) atoms. The molecular formula is C20H27N5O4S. The van der Waals surface area contributed by atoms with Gasteiger partial charge in [-0.2, -0.15) is 0 Å². The molecule has 0 aliphatic carbocycles. The number of nitrogens with one attached hydrogen (secondary N) is 2. The third-order valence-corrected chi connectivity index (χ3v) is 6.07. The fourth-order valence-electron chi connectivity index (χ4n) is 3.25. The predicted octanol–water partition coefficient (Wildman–Crippen LogP) is 2.12. The van der Waals surface area contributed by atoms with Gasteiger partial charge in [0.25, 0.3) is 5.91 Å². The van der Waals surface area contributed by atoms with Crippen molar-refractivity contribution in [2.24, 2.45) is 11.7 Å². The molecule has 2 heterocycles. The second-order valence-corrected chi connectivity index (χ2v) is 9.31. The minimum Gasteiger partial charge on any atom is -0.381 e. The van der Waals surface area contributed by atoms with Crippen molar-refractivity contribution >= 4 is 33.1 Å². The Kier molecular flexibility index (Phi) is 6.88. The minimum absolute atomic E-state index is 0.00762. The number of hydrogen-bond donors (Lipinski definition) is 3. The smallest absolute Gasteiger partial charge is 0.271 e. The molecular weight excluding hydrogens is 406 g/mol. The molecule has 0 saturated carbocycles. The van der Waals surface area contributed by atoms with Gasteiger partial charge in [0.05, 0.1) is 10.6 Å². The van der Waals surface area contributed by atoms with Crippen LogP contribution in [0.1, 0.15) is 35.9 Å². The molecule has 1 aromatic heterocycles. The molecule has 0 spiro atoms. The topological polar surface area (TPSA) is 136 Å². The van der Waals surface area contributed by atoms with Crippen molar-refractivity contribution < 1.29 is 17.9 Å². The number of benzene rings is 1. The molecule has 1 saturated heterocycles. The highest BCUT2D eigenvalue weighted by Crippen LogP contribution is 2.25. The van der Waals surface area contributed by atoms with Crippen LogP contribution in [-0.2, 0) is 21.0 Å². The maximum atomic E-state index is 12.0. The van der Waals surface area contributed by atoms with Gasteiger partial charge in [0.1, 0.15) is 5.82 Å². The molecule has 1 fully saturated rings. The number of sulfone groups is 1. The molecule has 9 nitrogen and oxygen atoms in total. The van der Waals surface area contributed by atoms with Crippen molar-refractivity contribution in [2.75, 3.05) is 36.6 Å². The van der Waals surface area contributed by atoms with Crippen molar-refractivity contribution in [3.05, 3.63) is 35.7 Å². The Hall–Kier alpha value is -2.72. The van der Waals surface area contributed by atoms with Gasteiger partial charge in [-0.15, -0.1) is 0 Å². The van der Waals surface area contributed by atoms with Crippen LogP contribution in [0.4, 0.5) is 17.3 Å². The van der Waals surface area contributed by atoms with Crippen molar-refractivity contribution in [1.29, 1.82) is 0 Å². The number of primary amides is 1. The van der Waals surface area contributed by atoms with Gasteiger partial charge in [-0.25, -0.2) is 18.4 Å². The Balaban J connectivity index is 1.91. The average molecular weight is 434 g/mol. The molecule has 162 valence electrons. The number of rotatable bonds is 8. The van der Waals surface area contributed by atoms with Crippen molar-refractivity contribution in [1.82, 2.24) is 9.97 Å². The Morgan fingerprint density at radius 1 is 1.23 bits per heavy atom. The highest BCUT2D eigenvalue weighted by molar-refractivity contribution is 7.90. The van der Waals surface area contributed by atoms with Gasteiger partial charge in [0.15, 0.2) is 21.3 Å². The summed E-state index contributed by atoms with van der Waals surface area (Å²) >= 11 is 0. The monoisotopic (exact) mass is 433 g/mol. The van der Waals surface area contributed by atoms with Crippen LogP contribution >= 0.6 is 0 Å². The Morgan fingerprint density at radius 2 is 1.97 bits per heavy atom. The highest BCUT2D eigenvalue weighted by atomic mass is 32.2. The SMILES string of the molecule is CCc1nc(C(N)=O)c(Nc2cccc(S(C)(=O)=O)c2)nc1NCC1CCOCC1. The summed E-state index contributed by atoms with van der Waals surface area (Å²) in [4.78, 5) is 21.1. The van der Waals surface area contributed by atoms with Crippen molar-refractivity contribution in [2.45, 2.75) is 31.1 Å². The van der Waals surface area contributed by atoms with Crippen LogP contribution in [0.2, 0.25) is 0 Å². The van der Waals surface area contributed by atoms with E-state index in [2.05, 4.69) is 20.6 Å². The maximum Gasteiger partial charge on any atom is 0.271 e. The predicted molar refractivity (Wildman–Crippen MR) is 115 cm³/mol. The van der Waals surface area contributed by atoms with E-state index < -0.39 is 15.7 Å². The Morgan fingerprint density at radius 3 is 2.60 bits per heavy atom. The first-order valence-electron chi connectivity index (χ1n) is 9.87. The fraction of sp³-hybridized carbons (Fsp3) is 0.450. The number of nitrogens with two attached hydrogens (primary N) is 1. The summed E-state index contributed by atoms with van der Waals surface area (Å²) < 4.78 is 29.1. The first-order chi connectivity index (χ1) is 14.3. The van der Waals surface area contributed by atoms with Crippen LogP contribution in [0.3, 0.4) is 0 Å². The zero-order chi connectivity index (χ0) is 21.7. The van der Waals surface area contributed by atoms with Gasteiger partial charge < -0.3 is 21.1 Å². The molecule has 4 N–H and O–H groups in total. The first kappa shape index (κ1) is 22.0. The Bertz CT molecular complexity index is 1020. The number of ether oxygens (including phenoxy) is 1. The van der Waals surface area contributed by atoms with E-state index in [9.17, 15) is 13.2 Å². The third kappa shape index (κ3) is 5.45.